The van der Waals surface area contributed by atoms with Crippen LogP contribution in [0.3, 0.4) is 0 Å². The minimum absolute atomic E-state index is 0.169. The van der Waals surface area contributed by atoms with Gasteiger partial charge in [0.05, 0.1) is 19.8 Å². The summed E-state index contributed by atoms with van der Waals surface area (Å²) in [5.74, 6) is -0.195. The number of rotatable bonds is 11. The molecule has 0 radical (unpaired) electrons. The number of carbonyl (C=O) groups excluding carboxylic acids is 1. The third-order valence-electron chi connectivity index (χ3n) is 6.02. The van der Waals surface area contributed by atoms with Gasteiger partial charge in [-0.15, -0.1) is 0 Å². The molecule has 0 spiro atoms. The van der Waals surface area contributed by atoms with E-state index in [1.54, 1.807) is 0 Å². The van der Waals surface area contributed by atoms with Crippen LogP contribution in [0, 0.1) is 0 Å². The Labute approximate surface area is 212 Å². The number of aliphatic hydroxyl groups is 1. The lowest BCUT2D eigenvalue weighted by atomic mass is 9.97. The van der Waals surface area contributed by atoms with Crippen LogP contribution in [-0.4, -0.2) is 48.3 Å². The number of benzene rings is 3. The number of ether oxygens (including phenoxy) is 4. The predicted octanol–water partition coefficient (Wildman–Crippen LogP) is 3.60. The van der Waals surface area contributed by atoms with E-state index >= 15 is 0 Å². The largest absolute Gasteiger partial charge is 0.368 e. The van der Waals surface area contributed by atoms with Gasteiger partial charge in [-0.25, -0.2) is 0 Å². The first-order valence-corrected chi connectivity index (χ1v) is 12.1. The van der Waals surface area contributed by atoms with Crippen molar-refractivity contribution in [3.63, 3.8) is 0 Å². The average molecular weight is 492 g/mol. The van der Waals surface area contributed by atoms with Gasteiger partial charge < -0.3 is 29.4 Å². The van der Waals surface area contributed by atoms with Crippen molar-refractivity contribution in [1.29, 1.82) is 0 Å². The number of carbonyl (C=O) groups is 1. The molecule has 4 rings (SSSR count). The molecule has 3 aromatic rings. The molecule has 1 fully saturated rings. The summed E-state index contributed by atoms with van der Waals surface area (Å²) in [4.78, 5) is 11.6. The first-order chi connectivity index (χ1) is 17.6. The average Bonchev–Trinajstić information content (AvgIpc) is 2.91. The normalized spacial score (nSPS) is 23.8. The van der Waals surface area contributed by atoms with Crippen LogP contribution in [0.4, 0.5) is 0 Å². The Kier molecular flexibility index (Phi) is 9.61. The van der Waals surface area contributed by atoms with E-state index in [2.05, 4.69) is 5.32 Å². The number of amides is 1. The van der Waals surface area contributed by atoms with E-state index in [1.807, 2.05) is 91.0 Å². The third-order valence-corrected chi connectivity index (χ3v) is 6.02. The van der Waals surface area contributed by atoms with Gasteiger partial charge in [-0.05, 0) is 16.7 Å². The lowest BCUT2D eigenvalue weighted by Gasteiger charge is -2.44. The summed E-state index contributed by atoms with van der Waals surface area (Å²) in [5, 5.41) is 13.7. The molecule has 1 saturated heterocycles. The zero-order chi connectivity index (χ0) is 25.2. The maximum absolute atomic E-state index is 11.6. The van der Waals surface area contributed by atoms with E-state index in [9.17, 15) is 9.90 Å². The zero-order valence-electron chi connectivity index (χ0n) is 20.4. The SMILES string of the molecule is CC(=O)NC[C@@H]1O[C@H](O)[C@H](OCc2ccccc2)[C@@H](OCc2ccccc2)[C@@H]1OCc1ccccc1. The van der Waals surface area contributed by atoms with Crippen LogP contribution in [0.5, 0.6) is 0 Å². The van der Waals surface area contributed by atoms with E-state index in [0.717, 1.165) is 16.7 Å². The van der Waals surface area contributed by atoms with Crippen molar-refractivity contribution in [2.24, 2.45) is 0 Å². The molecule has 1 aliphatic heterocycles. The molecule has 1 heterocycles. The van der Waals surface area contributed by atoms with E-state index in [-0.39, 0.29) is 19.1 Å². The second-order valence-corrected chi connectivity index (χ2v) is 8.79. The summed E-state index contributed by atoms with van der Waals surface area (Å²) in [6.07, 6.45) is -3.96. The highest BCUT2D eigenvalue weighted by molar-refractivity contribution is 5.72. The van der Waals surface area contributed by atoms with Crippen LogP contribution in [0.2, 0.25) is 0 Å². The van der Waals surface area contributed by atoms with Crippen LogP contribution < -0.4 is 5.32 Å². The Morgan fingerprint density at radius 1 is 0.722 bits per heavy atom. The van der Waals surface area contributed by atoms with Gasteiger partial charge in [-0.3, -0.25) is 4.79 Å². The molecule has 0 bridgehead atoms. The van der Waals surface area contributed by atoms with Crippen molar-refractivity contribution in [3.05, 3.63) is 108 Å². The maximum atomic E-state index is 11.6. The fraction of sp³-hybridized carbons (Fsp3) is 0.345. The fourth-order valence-electron chi connectivity index (χ4n) is 4.17. The Balaban J connectivity index is 1.57. The summed E-state index contributed by atoms with van der Waals surface area (Å²) in [6, 6.07) is 29.3. The van der Waals surface area contributed by atoms with Gasteiger partial charge in [0.25, 0.3) is 0 Å². The molecule has 0 aliphatic carbocycles. The highest BCUT2D eigenvalue weighted by atomic mass is 16.7. The lowest BCUT2D eigenvalue weighted by Crippen LogP contribution is -2.62. The quantitative estimate of drug-likeness (QED) is 0.426. The second kappa shape index (κ2) is 13.3. The first-order valence-electron chi connectivity index (χ1n) is 12.1. The molecule has 0 saturated carbocycles. The molecule has 190 valence electrons. The molecule has 0 aromatic heterocycles. The molecule has 1 aliphatic rings. The van der Waals surface area contributed by atoms with Crippen molar-refractivity contribution < 1.29 is 28.8 Å². The summed E-state index contributed by atoms with van der Waals surface area (Å²) in [5.41, 5.74) is 2.94. The van der Waals surface area contributed by atoms with Gasteiger partial charge in [0, 0.05) is 13.5 Å². The van der Waals surface area contributed by atoms with Gasteiger partial charge in [0.2, 0.25) is 5.91 Å². The van der Waals surface area contributed by atoms with E-state index < -0.39 is 30.7 Å². The van der Waals surface area contributed by atoms with Crippen LogP contribution >= 0.6 is 0 Å². The van der Waals surface area contributed by atoms with Crippen molar-refractivity contribution in [2.75, 3.05) is 6.54 Å². The van der Waals surface area contributed by atoms with Crippen molar-refractivity contribution >= 4 is 5.91 Å². The highest BCUT2D eigenvalue weighted by Crippen LogP contribution is 2.29. The monoisotopic (exact) mass is 491 g/mol. The van der Waals surface area contributed by atoms with Gasteiger partial charge in [-0.1, -0.05) is 91.0 Å². The van der Waals surface area contributed by atoms with E-state index in [0.29, 0.717) is 13.2 Å². The molecule has 3 aromatic carbocycles. The molecule has 5 atom stereocenters. The predicted molar refractivity (Wildman–Crippen MR) is 135 cm³/mol. The molecular formula is C29H33NO6. The fourth-order valence-corrected chi connectivity index (χ4v) is 4.17. The number of aliphatic hydroxyl groups excluding tert-OH is 1. The van der Waals surface area contributed by atoms with Crippen LogP contribution in [0.15, 0.2) is 91.0 Å². The standard InChI is InChI=1S/C29H33NO6/c1-21(31)30-17-25-26(33-18-22-11-5-2-6-12-22)27(34-19-23-13-7-3-8-14-23)28(29(32)36-25)35-20-24-15-9-4-10-16-24/h2-16,25-29,32H,17-20H2,1H3,(H,30,31)/t25-,26+,27-,28+,29-/m0/s1. The second-order valence-electron chi connectivity index (χ2n) is 8.79. The van der Waals surface area contributed by atoms with Gasteiger partial charge >= 0.3 is 0 Å². The Morgan fingerprint density at radius 2 is 1.14 bits per heavy atom. The molecule has 7 nitrogen and oxygen atoms in total. The Bertz CT molecular complexity index is 1050. The molecule has 0 unspecified atom stereocenters. The van der Waals surface area contributed by atoms with Crippen molar-refractivity contribution in [2.45, 2.75) is 57.5 Å². The van der Waals surface area contributed by atoms with Gasteiger partial charge in [-0.2, -0.15) is 0 Å². The maximum Gasteiger partial charge on any atom is 0.216 e. The topological polar surface area (TPSA) is 86.3 Å². The summed E-state index contributed by atoms with van der Waals surface area (Å²) in [7, 11) is 0. The zero-order valence-corrected chi connectivity index (χ0v) is 20.4. The number of nitrogens with one attached hydrogen (secondary N) is 1. The summed E-state index contributed by atoms with van der Waals surface area (Å²) >= 11 is 0. The number of hydrogen-bond donors (Lipinski definition) is 2. The van der Waals surface area contributed by atoms with Crippen molar-refractivity contribution in [1.82, 2.24) is 5.32 Å². The van der Waals surface area contributed by atoms with Crippen LogP contribution in [0.25, 0.3) is 0 Å². The minimum Gasteiger partial charge on any atom is -0.368 e. The first kappa shape index (κ1) is 26.0. The summed E-state index contributed by atoms with van der Waals surface area (Å²) in [6.45, 7) is 2.51. The van der Waals surface area contributed by atoms with Crippen molar-refractivity contribution in [3.8, 4) is 0 Å². The lowest BCUT2D eigenvalue weighted by molar-refractivity contribution is -0.310. The van der Waals surface area contributed by atoms with E-state index in [4.69, 9.17) is 18.9 Å². The highest BCUT2D eigenvalue weighted by Gasteiger charge is 2.47. The molecule has 36 heavy (non-hydrogen) atoms. The third kappa shape index (κ3) is 7.46. The van der Waals surface area contributed by atoms with Crippen LogP contribution in [0.1, 0.15) is 23.6 Å². The summed E-state index contributed by atoms with van der Waals surface area (Å²) < 4.78 is 24.8. The Morgan fingerprint density at radius 3 is 1.58 bits per heavy atom. The molecular weight excluding hydrogens is 458 g/mol. The van der Waals surface area contributed by atoms with Gasteiger partial charge in [0.15, 0.2) is 6.29 Å². The van der Waals surface area contributed by atoms with Crippen LogP contribution in [-0.2, 0) is 43.6 Å². The van der Waals surface area contributed by atoms with Gasteiger partial charge in [0.1, 0.15) is 24.4 Å². The Hall–Kier alpha value is -3.07. The molecule has 2 N–H and O–H groups in total. The molecule has 7 heteroatoms. The van der Waals surface area contributed by atoms with E-state index in [1.165, 1.54) is 6.92 Å². The molecule has 1 amide bonds. The number of hydrogen-bond acceptors (Lipinski definition) is 6. The smallest absolute Gasteiger partial charge is 0.216 e. The minimum atomic E-state index is -1.26.